The summed E-state index contributed by atoms with van der Waals surface area (Å²) in [5, 5.41) is 0.745. The van der Waals surface area contributed by atoms with E-state index in [1.54, 1.807) is 0 Å². The zero-order chi connectivity index (χ0) is 10.0. The van der Waals surface area contributed by atoms with E-state index in [-0.39, 0.29) is 5.54 Å². The second kappa shape index (κ2) is 3.89. The Kier molecular flexibility index (Phi) is 2.77. The number of halogens is 1. The van der Waals surface area contributed by atoms with Gasteiger partial charge >= 0.3 is 0 Å². The van der Waals surface area contributed by atoms with E-state index in [1.165, 1.54) is 0 Å². The minimum absolute atomic E-state index is 0.317. The molecule has 1 unspecified atom stereocenters. The van der Waals surface area contributed by atoms with Gasteiger partial charge in [0.2, 0.25) is 0 Å². The topological polar surface area (TPSA) is 35.2 Å². The van der Waals surface area contributed by atoms with Gasteiger partial charge in [-0.3, -0.25) is 0 Å². The Morgan fingerprint density at radius 2 is 2.00 bits per heavy atom. The molecule has 3 heteroatoms. The molecule has 0 bridgehead atoms. The second-order valence-corrected chi connectivity index (χ2v) is 4.26. The van der Waals surface area contributed by atoms with E-state index >= 15 is 0 Å². The zero-order valence-electron chi connectivity index (χ0n) is 8.00. The number of hydrogen-bond acceptors (Lipinski definition) is 2. The average molecular weight is 212 g/mol. The van der Waals surface area contributed by atoms with Crippen LogP contribution in [0.4, 0.5) is 0 Å². The first-order valence-corrected chi connectivity index (χ1v) is 5.21. The molecule has 1 fully saturated rings. The molecule has 0 radical (unpaired) electrons. The van der Waals surface area contributed by atoms with Crippen molar-refractivity contribution >= 4 is 11.6 Å². The Bertz CT molecular complexity index is 304. The van der Waals surface area contributed by atoms with Crippen LogP contribution in [0.1, 0.15) is 18.4 Å². The van der Waals surface area contributed by atoms with Crippen LogP contribution in [-0.2, 0) is 10.3 Å². The lowest BCUT2D eigenvalue weighted by Crippen LogP contribution is -2.44. The van der Waals surface area contributed by atoms with Crippen molar-refractivity contribution < 1.29 is 4.74 Å². The third kappa shape index (κ3) is 1.92. The molecule has 1 saturated heterocycles. The van der Waals surface area contributed by atoms with Crippen LogP contribution in [0.25, 0.3) is 0 Å². The van der Waals surface area contributed by atoms with Gasteiger partial charge in [0.05, 0.1) is 12.1 Å². The number of rotatable bonds is 1. The number of benzene rings is 1. The zero-order valence-corrected chi connectivity index (χ0v) is 8.76. The molecule has 0 saturated carbocycles. The first-order chi connectivity index (χ1) is 6.71. The highest BCUT2D eigenvalue weighted by atomic mass is 35.5. The van der Waals surface area contributed by atoms with Gasteiger partial charge in [0.1, 0.15) is 0 Å². The number of ether oxygens (including phenoxy) is 1. The maximum absolute atomic E-state index is 6.26. The molecule has 0 aromatic heterocycles. The predicted octanol–water partition coefficient (Wildman–Crippen LogP) is 2.30. The van der Waals surface area contributed by atoms with Crippen molar-refractivity contribution in [3.05, 3.63) is 34.9 Å². The van der Waals surface area contributed by atoms with Gasteiger partial charge in [-0.25, -0.2) is 0 Å². The predicted molar refractivity (Wildman–Crippen MR) is 57.4 cm³/mol. The van der Waals surface area contributed by atoms with Crippen LogP contribution in [0.15, 0.2) is 24.3 Å². The molecular weight excluding hydrogens is 198 g/mol. The van der Waals surface area contributed by atoms with Crippen molar-refractivity contribution in [3.8, 4) is 0 Å². The van der Waals surface area contributed by atoms with Crippen molar-refractivity contribution in [2.45, 2.75) is 18.4 Å². The Labute approximate surface area is 89.0 Å². The summed E-state index contributed by atoms with van der Waals surface area (Å²) in [6, 6.07) is 7.72. The highest BCUT2D eigenvalue weighted by molar-refractivity contribution is 6.30. The molecule has 0 amide bonds. The summed E-state index contributed by atoms with van der Waals surface area (Å²) in [5.41, 5.74) is 7.06. The van der Waals surface area contributed by atoms with Crippen LogP contribution < -0.4 is 5.73 Å². The lowest BCUT2D eigenvalue weighted by atomic mass is 9.86. The van der Waals surface area contributed by atoms with Crippen LogP contribution in [-0.4, -0.2) is 13.2 Å². The molecule has 1 aromatic rings. The van der Waals surface area contributed by atoms with Crippen LogP contribution in [0.5, 0.6) is 0 Å². The molecule has 14 heavy (non-hydrogen) atoms. The van der Waals surface area contributed by atoms with E-state index in [0.717, 1.165) is 30.0 Å². The number of nitrogens with two attached hydrogens (primary N) is 1. The SMILES string of the molecule is NC1(c2ccc(Cl)cc2)CCCOC1. The molecule has 2 nitrogen and oxygen atoms in total. The van der Waals surface area contributed by atoms with Crippen LogP contribution in [0, 0.1) is 0 Å². The van der Waals surface area contributed by atoms with Gasteiger partial charge in [0, 0.05) is 11.6 Å². The van der Waals surface area contributed by atoms with Gasteiger partial charge in [-0.2, -0.15) is 0 Å². The van der Waals surface area contributed by atoms with Crippen molar-refractivity contribution in [2.75, 3.05) is 13.2 Å². The summed E-state index contributed by atoms with van der Waals surface area (Å²) < 4.78 is 5.41. The molecule has 2 rings (SSSR count). The second-order valence-electron chi connectivity index (χ2n) is 3.82. The van der Waals surface area contributed by atoms with Gasteiger partial charge in [-0.1, -0.05) is 23.7 Å². The fraction of sp³-hybridized carbons (Fsp3) is 0.455. The Morgan fingerprint density at radius 1 is 1.29 bits per heavy atom. The molecular formula is C11H14ClNO. The van der Waals surface area contributed by atoms with Crippen molar-refractivity contribution in [1.29, 1.82) is 0 Å². The molecule has 1 aliphatic heterocycles. The van der Waals surface area contributed by atoms with Crippen LogP contribution in [0.2, 0.25) is 5.02 Å². The third-order valence-electron chi connectivity index (χ3n) is 2.69. The highest BCUT2D eigenvalue weighted by Gasteiger charge is 2.29. The highest BCUT2D eigenvalue weighted by Crippen LogP contribution is 2.28. The standard InChI is InChI=1S/C11H14ClNO/c12-10-4-2-9(3-5-10)11(13)6-1-7-14-8-11/h2-5H,1,6-8,13H2. The van der Waals surface area contributed by atoms with Gasteiger partial charge in [-0.05, 0) is 30.5 Å². The molecule has 2 N–H and O–H groups in total. The van der Waals surface area contributed by atoms with E-state index in [0.29, 0.717) is 6.61 Å². The van der Waals surface area contributed by atoms with Gasteiger partial charge < -0.3 is 10.5 Å². The molecule has 1 aromatic carbocycles. The van der Waals surface area contributed by atoms with Crippen LogP contribution >= 0.6 is 11.6 Å². The lowest BCUT2D eigenvalue weighted by Gasteiger charge is -2.33. The van der Waals surface area contributed by atoms with E-state index in [1.807, 2.05) is 24.3 Å². The summed E-state index contributed by atoms with van der Waals surface area (Å²) >= 11 is 5.82. The Balaban J connectivity index is 2.23. The van der Waals surface area contributed by atoms with Crippen molar-refractivity contribution in [2.24, 2.45) is 5.73 Å². The first kappa shape index (κ1) is 9.97. The fourth-order valence-corrected chi connectivity index (χ4v) is 1.95. The largest absolute Gasteiger partial charge is 0.379 e. The average Bonchev–Trinajstić information content (AvgIpc) is 2.19. The van der Waals surface area contributed by atoms with Gasteiger partial charge in [0.25, 0.3) is 0 Å². The minimum atomic E-state index is -0.317. The minimum Gasteiger partial charge on any atom is -0.379 e. The molecule has 1 atom stereocenters. The molecule has 1 aliphatic rings. The monoisotopic (exact) mass is 211 g/mol. The molecule has 0 aliphatic carbocycles. The third-order valence-corrected chi connectivity index (χ3v) is 2.94. The molecule has 1 heterocycles. The van der Waals surface area contributed by atoms with Crippen molar-refractivity contribution in [3.63, 3.8) is 0 Å². The van der Waals surface area contributed by atoms with Crippen molar-refractivity contribution in [1.82, 2.24) is 0 Å². The maximum Gasteiger partial charge on any atom is 0.0688 e. The summed E-state index contributed by atoms with van der Waals surface area (Å²) in [5.74, 6) is 0. The summed E-state index contributed by atoms with van der Waals surface area (Å²) in [6.45, 7) is 1.43. The normalized spacial score (nSPS) is 27.6. The van der Waals surface area contributed by atoms with E-state index in [4.69, 9.17) is 22.1 Å². The Morgan fingerprint density at radius 3 is 2.57 bits per heavy atom. The smallest absolute Gasteiger partial charge is 0.0688 e. The maximum atomic E-state index is 6.26. The summed E-state index contributed by atoms with van der Waals surface area (Å²) in [6.07, 6.45) is 2.01. The molecule has 0 spiro atoms. The lowest BCUT2D eigenvalue weighted by molar-refractivity contribution is 0.0367. The summed E-state index contributed by atoms with van der Waals surface area (Å²) in [4.78, 5) is 0. The summed E-state index contributed by atoms with van der Waals surface area (Å²) in [7, 11) is 0. The molecule has 76 valence electrons. The van der Waals surface area contributed by atoms with Gasteiger partial charge in [0.15, 0.2) is 0 Å². The number of hydrogen-bond donors (Lipinski definition) is 1. The first-order valence-electron chi connectivity index (χ1n) is 4.83. The van der Waals surface area contributed by atoms with Gasteiger partial charge in [-0.15, -0.1) is 0 Å². The van der Waals surface area contributed by atoms with E-state index in [9.17, 15) is 0 Å². The van der Waals surface area contributed by atoms with E-state index in [2.05, 4.69) is 0 Å². The fourth-order valence-electron chi connectivity index (χ4n) is 1.83. The quantitative estimate of drug-likeness (QED) is 0.774. The van der Waals surface area contributed by atoms with Crippen LogP contribution in [0.3, 0.4) is 0 Å². The van der Waals surface area contributed by atoms with E-state index < -0.39 is 0 Å². The Hall–Kier alpha value is -0.570.